The summed E-state index contributed by atoms with van der Waals surface area (Å²) >= 11 is 0. The van der Waals surface area contributed by atoms with Crippen LogP contribution < -0.4 is 10.2 Å². The number of likely N-dealkylation sites (tertiary alicyclic amines) is 1. The Morgan fingerprint density at radius 2 is 1.89 bits per heavy atom. The second kappa shape index (κ2) is 9.72. The van der Waals surface area contributed by atoms with Gasteiger partial charge in [0.05, 0.1) is 5.92 Å². The molecule has 1 N–H and O–H groups in total. The summed E-state index contributed by atoms with van der Waals surface area (Å²) in [5.74, 6) is 1.12. The Morgan fingerprint density at radius 3 is 2.56 bits per heavy atom. The van der Waals surface area contributed by atoms with Crippen LogP contribution in [0.15, 0.2) is 18.3 Å². The van der Waals surface area contributed by atoms with Crippen molar-refractivity contribution < 1.29 is 9.59 Å². The molecular formula is C21H32N4O2. The van der Waals surface area contributed by atoms with Gasteiger partial charge in [0, 0.05) is 45.3 Å². The Labute approximate surface area is 162 Å². The van der Waals surface area contributed by atoms with E-state index in [0.29, 0.717) is 19.5 Å². The van der Waals surface area contributed by atoms with Gasteiger partial charge in [0.1, 0.15) is 5.82 Å². The number of rotatable bonds is 5. The van der Waals surface area contributed by atoms with Crippen molar-refractivity contribution in [1.82, 2.24) is 15.2 Å². The molecule has 0 aromatic carbocycles. The van der Waals surface area contributed by atoms with Gasteiger partial charge < -0.3 is 15.1 Å². The lowest BCUT2D eigenvalue weighted by atomic mass is 9.97. The standard InChI is InChI=1S/C21H32N4O2/c1-2-20(26)25-13-7-8-18(16-25)21(27)23-15-17-9-10-19(22-14-17)24-11-5-3-4-6-12-24/h9-10,14,18H,2-8,11-13,15-16H2,1H3,(H,23,27). The molecule has 6 nitrogen and oxygen atoms in total. The van der Waals surface area contributed by atoms with Gasteiger partial charge in [-0.3, -0.25) is 9.59 Å². The number of anilines is 1. The lowest BCUT2D eigenvalue weighted by Crippen LogP contribution is -2.45. The monoisotopic (exact) mass is 372 g/mol. The van der Waals surface area contributed by atoms with Crippen LogP contribution in [0.25, 0.3) is 0 Å². The Hall–Kier alpha value is -2.11. The van der Waals surface area contributed by atoms with Crippen LogP contribution in [0, 0.1) is 5.92 Å². The van der Waals surface area contributed by atoms with E-state index in [1.54, 1.807) is 0 Å². The van der Waals surface area contributed by atoms with E-state index in [1.807, 2.05) is 18.0 Å². The fraction of sp³-hybridized carbons (Fsp3) is 0.667. The first kappa shape index (κ1) is 19.6. The van der Waals surface area contributed by atoms with Crippen molar-refractivity contribution in [2.24, 2.45) is 5.92 Å². The van der Waals surface area contributed by atoms with Crippen LogP contribution in [-0.4, -0.2) is 47.9 Å². The Kier molecular flexibility index (Phi) is 7.07. The number of carbonyl (C=O) groups is 2. The largest absolute Gasteiger partial charge is 0.357 e. The smallest absolute Gasteiger partial charge is 0.225 e. The summed E-state index contributed by atoms with van der Waals surface area (Å²) in [5.41, 5.74) is 1.01. The number of hydrogen-bond acceptors (Lipinski definition) is 4. The summed E-state index contributed by atoms with van der Waals surface area (Å²) in [6.07, 6.45) is 9.21. The predicted molar refractivity (Wildman–Crippen MR) is 106 cm³/mol. The average molecular weight is 373 g/mol. The van der Waals surface area contributed by atoms with Gasteiger partial charge in [-0.25, -0.2) is 4.98 Å². The molecular weight excluding hydrogens is 340 g/mol. The van der Waals surface area contributed by atoms with Crippen molar-refractivity contribution in [2.75, 3.05) is 31.1 Å². The van der Waals surface area contributed by atoms with E-state index < -0.39 is 0 Å². The number of amides is 2. The number of nitrogens with zero attached hydrogens (tertiary/aromatic N) is 3. The van der Waals surface area contributed by atoms with Gasteiger partial charge in [0.25, 0.3) is 0 Å². The topological polar surface area (TPSA) is 65.5 Å². The third kappa shape index (κ3) is 5.44. The molecule has 0 aliphatic carbocycles. The summed E-state index contributed by atoms with van der Waals surface area (Å²) in [5, 5.41) is 3.02. The molecule has 2 saturated heterocycles. The van der Waals surface area contributed by atoms with E-state index in [2.05, 4.69) is 27.3 Å². The van der Waals surface area contributed by atoms with Crippen LogP contribution in [0.4, 0.5) is 5.82 Å². The van der Waals surface area contributed by atoms with Gasteiger partial charge in [-0.05, 0) is 37.3 Å². The fourth-order valence-electron chi connectivity index (χ4n) is 3.98. The first-order chi connectivity index (χ1) is 13.2. The zero-order chi connectivity index (χ0) is 19.1. The highest BCUT2D eigenvalue weighted by atomic mass is 16.2. The van der Waals surface area contributed by atoms with Crippen LogP contribution in [0.1, 0.15) is 57.4 Å². The summed E-state index contributed by atoms with van der Waals surface area (Å²) in [4.78, 5) is 33.2. The van der Waals surface area contributed by atoms with E-state index in [4.69, 9.17) is 0 Å². The quantitative estimate of drug-likeness (QED) is 0.863. The molecule has 2 fully saturated rings. The van der Waals surface area contributed by atoms with Crippen molar-refractivity contribution in [1.29, 1.82) is 0 Å². The highest BCUT2D eigenvalue weighted by Crippen LogP contribution is 2.19. The maximum atomic E-state index is 12.5. The first-order valence-electron chi connectivity index (χ1n) is 10.4. The maximum absolute atomic E-state index is 12.5. The second-order valence-electron chi connectivity index (χ2n) is 7.68. The van der Waals surface area contributed by atoms with E-state index in [-0.39, 0.29) is 17.7 Å². The number of aromatic nitrogens is 1. The third-order valence-electron chi connectivity index (χ3n) is 5.65. The molecule has 6 heteroatoms. The number of piperidine rings is 1. The van der Waals surface area contributed by atoms with Crippen molar-refractivity contribution >= 4 is 17.6 Å². The molecule has 1 aromatic rings. The molecule has 3 rings (SSSR count). The van der Waals surface area contributed by atoms with E-state index >= 15 is 0 Å². The van der Waals surface area contributed by atoms with Crippen molar-refractivity contribution in [3.63, 3.8) is 0 Å². The van der Waals surface area contributed by atoms with Crippen LogP contribution in [-0.2, 0) is 16.1 Å². The summed E-state index contributed by atoms with van der Waals surface area (Å²) in [6.45, 7) is 5.84. The molecule has 27 heavy (non-hydrogen) atoms. The van der Waals surface area contributed by atoms with Crippen LogP contribution in [0.3, 0.4) is 0 Å². The molecule has 0 bridgehead atoms. The zero-order valence-electron chi connectivity index (χ0n) is 16.5. The Bertz CT molecular complexity index is 624. The van der Waals surface area contributed by atoms with Crippen LogP contribution in [0.5, 0.6) is 0 Å². The minimum absolute atomic E-state index is 0.0418. The normalized spacial score (nSPS) is 20.9. The van der Waals surface area contributed by atoms with Crippen molar-refractivity contribution in [2.45, 2.75) is 58.4 Å². The molecule has 2 amide bonds. The molecule has 0 spiro atoms. The minimum Gasteiger partial charge on any atom is -0.357 e. The number of hydrogen-bond donors (Lipinski definition) is 1. The van der Waals surface area contributed by atoms with Crippen LogP contribution >= 0.6 is 0 Å². The number of carbonyl (C=O) groups excluding carboxylic acids is 2. The molecule has 0 saturated carbocycles. The third-order valence-corrected chi connectivity index (χ3v) is 5.65. The number of pyridine rings is 1. The SMILES string of the molecule is CCC(=O)N1CCCC(C(=O)NCc2ccc(N3CCCCCC3)nc2)C1. The van der Waals surface area contributed by atoms with Gasteiger partial charge in [0.2, 0.25) is 11.8 Å². The molecule has 0 radical (unpaired) electrons. The van der Waals surface area contributed by atoms with Gasteiger partial charge in [-0.2, -0.15) is 0 Å². The van der Waals surface area contributed by atoms with Gasteiger partial charge in [-0.15, -0.1) is 0 Å². The van der Waals surface area contributed by atoms with E-state index in [1.165, 1.54) is 25.7 Å². The summed E-state index contributed by atoms with van der Waals surface area (Å²) in [6, 6.07) is 4.12. The Morgan fingerprint density at radius 1 is 1.11 bits per heavy atom. The minimum atomic E-state index is -0.0985. The molecule has 1 unspecified atom stereocenters. The van der Waals surface area contributed by atoms with E-state index in [0.717, 1.165) is 43.9 Å². The molecule has 2 aliphatic rings. The van der Waals surface area contributed by atoms with E-state index in [9.17, 15) is 9.59 Å². The number of nitrogens with one attached hydrogen (secondary N) is 1. The van der Waals surface area contributed by atoms with Gasteiger partial charge in [0.15, 0.2) is 0 Å². The summed E-state index contributed by atoms with van der Waals surface area (Å²) in [7, 11) is 0. The molecule has 148 valence electrons. The highest BCUT2D eigenvalue weighted by molar-refractivity contribution is 5.81. The van der Waals surface area contributed by atoms with Crippen molar-refractivity contribution in [3.05, 3.63) is 23.9 Å². The zero-order valence-corrected chi connectivity index (χ0v) is 16.5. The molecule has 1 aromatic heterocycles. The first-order valence-corrected chi connectivity index (χ1v) is 10.4. The highest BCUT2D eigenvalue weighted by Gasteiger charge is 2.27. The van der Waals surface area contributed by atoms with Crippen LogP contribution in [0.2, 0.25) is 0 Å². The lowest BCUT2D eigenvalue weighted by molar-refractivity contribution is -0.135. The molecule has 3 heterocycles. The maximum Gasteiger partial charge on any atom is 0.225 e. The average Bonchev–Trinajstić information content (AvgIpc) is 3.01. The second-order valence-corrected chi connectivity index (χ2v) is 7.68. The fourth-order valence-corrected chi connectivity index (χ4v) is 3.98. The Balaban J connectivity index is 1.49. The van der Waals surface area contributed by atoms with Crippen molar-refractivity contribution in [3.8, 4) is 0 Å². The molecule has 1 atom stereocenters. The molecule has 2 aliphatic heterocycles. The predicted octanol–water partition coefficient (Wildman–Crippen LogP) is 2.73. The van der Waals surface area contributed by atoms with Gasteiger partial charge in [-0.1, -0.05) is 25.8 Å². The van der Waals surface area contributed by atoms with Gasteiger partial charge >= 0.3 is 0 Å². The lowest BCUT2D eigenvalue weighted by Gasteiger charge is -2.31. The summed E-state index contributed by atoms with van der Waals surface area (Å²) < 4.78 is 0.